The van der Waals surface area contributed by atoms with Crippen molar-refractivity contribution < 1.29 is 0 Å². The van der Waals surface area contributed by atoms with E-state index in [1.54, 1.807) is 0 Å². The quantitative estimate of drug-likeness (QED) is 0.654. The van der Waals surface area contributed by atoms with Gasteiger partial charge in [-0.05, 0) is 12.1 Å². The Labute approximate surface area is 75.8 Å². The Morgan fingerprint density at radius 1 is 1.08 bits per heavy atom. The molecule has 0 aliphatic carbocycles. The molecule has 1 aliphatic heterocycles. The normalized spacial score (nSPS) is 14.2. The predicted molar refractivity (Wildman–Crippen MR) is 51.7 cm³/mol. The number of anilines is 1. The number of nitrogens with one attached hydrogen (secondary N) is 1. The van der Waals surface area contributed by atoms with E-state index in [9.17, 15) is 0 Å². The highest BCUT2D eigenvalue weighted by molar-refractivity contribution is 5.76. The number of hydrogen-bond acceptors (Lipinski definition) is 3. The molecule has 0 atom stereocenters. The Morgan fingerprint density at radius 2 is 1.85 bits per heavy atom. The third-order valence-electron chi connectivity index (χ3n) is 2.30. The minimum absolute atomic E-state index is 0.957. The largest absolute Gasteiger partial charge is 0.368 e. The first-order valence-corrected chi connectivity index (χ1v) is 4.43. The minimum Gasteiger partial charge on any atom is -0.368 e. The van der Waals surface area contributed by atoms with Crippen LogP contribution in [0.2, 0.25) is 0 Å². The van der Waals surface area contributed by atoms with E-state index >= 15 is 0 Å². The average molecular weight is 171 g/mol. The van der Waals surface area contributed by atoms with Gasteiger partial charge in [-0.3, -0.25) is 0 Å². The summed E-state index contributed by atoms with van der Waals surface area (Å²) in [5.41, 5.74) is 3.05. The number of para-hydroxylation sites is 2. The van der Waals surface area contributed by atoms with Crippen LogP contribution in [0.3, 0.4) is 0 Å². The molecule has 0 saturated heterocycles. The van der Waals surface area contributed by atoms with Crippen LogP contribution in [0.5, 0.6) is 0 Å². The SMILES string of the molecule is c1ccc2nc3c(nc2c1)CCN3. The van der Waals surface area contributed by atoms with Crippen molar-refractivity contribution >= 4 is 16.9 Å². The lowest BCUT2D eigenvalue weighted by Crippen LogP contribution is -1.93. The molecule has 13 heavy (non-hydrogen) atoms. The van der Waals surface area contributed by atoms with Crippen LogP contribution in [0, 0.1) is 0 Å². The van der Waals surface area contributed by atoms with Crippen LogP contribution in [-0.4, -0.2) is 16.5 Å². The molecule has 0 spiro atoms. The second-order valence-electron chi connectivity index (χ2n) is 3.18. The second-order valence-corrected chi connectivity index (χ2v) is 3.18. The highest BCUT2D eigenvalue weighted by Crippen LogP contribution is 2.20. The van der Waals surface area contributed by atoms with Gasteiger partial charge in [0.25, 0.3) is 0 Å². The molecule has 2 heterocycles. The number of hydrogen-bond donors (Lipinski definition) is 1. The molecule has 1 aromatic heterocycles. The van der Waals surface area contributed by atoms with Crippen LogP contribution in [0.4, 0.5) is 5.82 Å². The number of aromatic nitrogens is 2. The molecule has 0 saturated carbocycles. The van der Waals surface area contributed by atoms with Gasteiger partial charge in [-0.15, -0.1) is 0 Å². The van der Waals surface area contributed by atoms with Gasteiger partial charge in [0.15, 0.2) is 0 Å². The van der Waals surface area contributed by atoms with Crippen LogP contribution < -0.4 is 5.32 Å². The van der Waals surface area contributed by atoms with E-state index in [0.717, 1.165) is 35.5 Å². The fourth-order valence-electron chi connectivity index (χ4n) is 1.65. The maximum Gasteiger partial charge on any atom is 0.148 e. The molecule has 0 unspecified atom stereocenters. The summed E-state index contributed by atoms with van der Waals surface area (Å²) >= 11 is 0. The molecule has 1 aliphatic rings. The summed E-state index contributed by atoms with van der Waals surface area (Å²) in [5.74, 6) is 0.957. The molecular weight excluding hydrogens is 162 g/mol. The molecule has 64 valence electrons. The first-order chi connectivity index (χ1) is 6.43. The lowest BCUT2D eigenvalue weighted by atomic mass is 10.3. The topological polar surface area (TPSA) is 37.8 Å². The molecule has 2 aromatic rings. The van der Waals surface area contributed by atoms with Crippen molar-refractivity contribution in [1.29, 1.82) is 0 Å². The van der Waals surface area contributed by atoms with Crippen LogP contribution in [-0.2, 0) is 6.42 Å². The van der Waals surface area contributed by atoms with Gasteiger partial charge >= 0.3 is 0 Å². The maximum atomic E-state index is 4.53. The number of benzene rings is 1. The number of fused-ring (bicyclic) bond motifs is 2. The Hall–Kier alpha value is -1.64. The highest BCUT2D eigenvalue weighted by atomic mass is 15.0. The fourth-order valence-corrected chi connectivity index (χ4v) is 1.65. The Bertz CT molecular complexity index is 422. The predicted octanol–water partition coefficient (Wildman–Crippen LogP) is 1.60. The van der Waals surface area contributed by atoms with E-state index in [4.69, 9.17) is 0 Å². The van der Waals surface area contributed by atoms with Crippen LogP contribution in [0.25, 0.3) is 11.0 Å². The van der Waals surface area contributed by atoms with Gasteiger partial charge in [-0.25, -0.2) is 9.97 Å². The monoisotopic (exact) mass is 171 g/mol. The van der Waals surface area contributed by atoms with E-state index in [2.05, 4.69) is 15.3 Å². The first kappa shape index (κ1) is 6.83. The third kappa shape index (κ3) is 0.967. The fraction of sp³-hybridized carbons (Fsp3) is 0.200. The summed E-state index contributed by atoms with van der Waals surface area (Å²) in [7, 11) is 0. The molecular formula is C10H9N3. The molecule has 1 N–H and O–H groups in total. The zero-order chi connectivity index (χ0) is 8.67. The molecule has 1 aromatic carbocycles. The van der Waals surface area contributed by atoms with Crippen LogP contribution in [0.1, 0.15) is 5.69 Å². The van der Waals surface area contributed by atoms with Crippen LogP contribution >= 0.6 is 0 Å². The molecule has 0 fully saturated rings. The summed E-state index contributed by atoms with van der Waals surface area (Å²) < 4.78 is 0. The lowest BCUT2D eigenvalue weighted by molar-refractivity contribution is 1.06. The van der Waals surface area contributed by atoms with Crippen molar-refractivity contribution in [3.8, 4) is 0 Å². The van der Waals surface area contributed by atoms with E-state index in [1.165, 1.54) is 0 Å². The Kier molecular flexibility index (Phi) is 1.27. The van der Waals surface area contributed by atoms with Crippen molar-refractivity contribution in [3.05, 3.63) is 30.0 Å². The van der Waals surface area contributed by atoms with Crippen molar-refractivity contribution in [2.24, 2.45) is 0 Å². The van der Waals surface area contributed by atoms with Crippen molar-refractivity contribution in [2.45, 2.75) is 6.42 Å². The number of nitrogens with zero attached hydrogens (tertiary/aromatic N) is 2. The van der Waals surface area contributed by atoms with Crippen LogP contribution in [0.15, 0.2) is 24.3 Å². The number of rotatable bonds is 0. The molecule has 3 nitrogen and oxygen atoms in total. The zero-order valence-corrected chi connectivity index (χ0v) is 7.12. The molecule has 0 bridgehead atoms. The van der Waals surface area contributed by atoms with E-state index in [0.29, 0.717) is 0 Å². The second kappa shape index (κ2) is 2.42. The Morgan fingerprint density at radius 3 is 2.69 bits per heavy atom. The van der Waals surface area contributed by atoms with Gasteiger partial charge in [0.1, 0.15) is 5.82 Å². The van der Waals surface area contributed by atoms with Gasteiger partial charge in [0.2, 0.25) is 0 Å². The average Bonchev–Trinajstić information content (AvgIpc) is 2.61. The van der Waals surface area contributed by atoms with Crippen molar-refractivity contribution in [2.75, 3.05) is 11.9 Å². The smallest absolute Gasteiger partial charge is 0.148 e. The molecule has 3 rings (SSSR count). The maximum absolute atomic E-state index is 4.53. The minimum atomic E-state index is 0.957. The third-order valence-corrected chi connectivity index (χ3v) is 2.30. The van der Waals surface area contributed by atoms with Gasteiger partial charge in [-0.2, -0.15) is 0 Å². The molecule has 3 heteroatoms. The Balaban J connectivity index is 2.36. The summed E-state index contributed by atoms with van der Waals surface area (Å²) in [4.78, 5) is 9.01. The van der Waals surface area contributed by atoms with Gasteiger partial charge < -0.3 is 5.32 Å². The molecule has 0 amide bonds. The highest BCUT2D eigenvalue weighted by Gasteiger charge is 2.13. The van der Waals surface area contributed by atoms with E-state index < -0.39 is 0 Å². The van der Waals surface area contributed by atoms with E-state index in [1.807, 2.05) is 24.3 Å². The summed E-state index contributed by atoms with van der Waals surface area (Å²) in [6.07, 6.45) is 0.993. The van der Waals surface area contributed by atoms with Gasteiger partial charge in [0.05, 0.1) is 16.7 Å². The summed E-state index contributed by atoms with van der Waals surface area (Å²) in [5, 5.41) is 3.22. The lowest BCUT2D eigenvalue weighted by Gasteiger charge is -2.00. The van der Waals surface area contributed by atoms with E-state index in [-0.39, 0.29) is 0 Å². The van der Waals surface area contributed by atoms with Crippen molar-refractivity contribution in [3.63, 3.8) is 0 Å². The zero-order valence-electron chi connectivity index (χ0n) is 7.12. The summed E-state index contributed by atoms with van der Waals surface area (Å²) in [6.45, 7) is 0.964. The van der Waals surface area contributed by atoms with Crippen molar-refractivity contribution in [1.82, 2.24) is 9.97 Å². The van der Waals surface area contributed by atoms with Gasteiger partial charge in [0, 0.05) is 13.0 Å². The molecule has 0 radical (unpaired) electrons. The van der Waals surface area contributed by atoms with Gasteiger partial charge in [-0.1, -0.05) is 12.1 Å². The first-order valence-electron chi connectivity index (χ1n) is 4.43. The standard InChI is InChI=1S/C10H9N3/c1-2-4-8-7(3-1)12-9-5-6-11-10(9)13-8/h1-4H,5-6H2,(H,11,13). The summed E-state index contributed by atoms with van der Waals surface area (Å²) in [6, 6.07) is 7.97.